The molecule has 38 heavy (non-hydrogen) atoms. The lowest BCUT2D eigenvalue weighted by molar-refractivity contribution is -0.127. The summed E-state index contributed by atoms with van der Waals surface area (Å²) in [6.45, 7) is 4.00. The zero-order chi connectivity index (χ0) is 27.4. The van der Waals surface area contributed by atoms with Crippen LogP contribution in [-0.4, -0.2) is 52.7 Å². The molecular weight excluding hydrogens is 619 g/mol. The van der Waals surface area contributed by atoms with Crippen molar-refractivity contribution >= 4 is 39.8 Å². The molecule has 0 aliphatic carbocycles. The number of halogens is 3. The molecule has 200 valence electrons. The number of nitrogens with zero attached hydrogens (tertiary/aromatic N) is 5. The first kappa shape index (κ1) is 28.4. The summed E-state index contributed by atoms with van der Waals surface area (Å²) in [7, 11) is 3.89. The number of aryl methyl sites for hydroxylation is 2. The van der Waals surface area contributed by atoms with Crippen LogP contribution in [0.1, 0.15) is 45.8 Å². The number of aromatic nitrogens is 2. The second-order valence-electron chi connectivity index (χ2n) is 9.53. The molecule has 0 unspecified atom stereocenters. The minimum atomic E-state index is -3.19. The Bertz CT molecular complexity index is 1370. The average Bonchev–Trinajstić information content (AvgIpc) is 3.51. The largest absolute Gasteiger partial charge is 0.340 e. The molecule has 0 saturated carbocycles. The van der Waals surface area contributed by atoms with Gasteiger partial charge in [0.25, 0.3) is 0 Å². The molecule has 1 amide bonds. The smallest absolute Gasteiger partial charge is 0.333 e. The van der Waals surface area contributed by atoms with E-state index in [0.29, 0.717) is 30.8 Å². The maximum Gasteiger partial charge on any atom is 0.340 e. The van der Waals surface area contributed by atoms with Gasteiger partial charge in [0.05, 0.1) is 25.6 Å². The van der Waals surface area contributed by atoms with Gasteiger partial charge in [-0.1, -0.05) is 37.3 Å². The van der Waals surface area contributed by atoms with E-state index in [2.05, 4.69) is 18.1 Å². The van der Waals surface area contributed by atoms with Gasteiger partial charge in [0.2, 0.25) is 5.91 Å². The predicted octanol–water partition coefficient (Wildman–Crippen LogP) is 6.16. The summed E-state index contributed by atoms with van der Waals surface area (Å²) in [6.07, 6.45) is 6.15. The Labute approximate surface area is 239 Å². The van der Waals surface area contributed by atoms with E-state index in [-0.39, 0.29) is 30.5 Å². The first-order valence-corrected chi connectivity index (χ1v) is 14.3. The molecule has 1 atom stereocenters. The molecule has 6 nitrogen and oxygen atoms in total. The van der Waals surface area contributed by atoms with Gasteiger partial charge in [-0.3, -0.25) is 9.48 Å². The highest BCUT2D eigenvalue weighted by atomic mass is 127. The number of likely N-dealkylation sites (N-methyl/N-ethyl adjacent to an activating group) is 1. The third-order valence-electron chi connectivity index (χ3n) is 6.51. The van der Waals surface area contributed by atoms with Crippen molar-refractivity contribution in [3.8, 4) is 17.2 Å². The highest BCUT2D eigenvalue weighted by Gasteiger charge is 2.37. The molecule has 0 saturated heterocycles. The molecule has 2 aromatic heterocycles. The average molecular weight is 650 g/mol. The number of rotatable bonds is 9. The van der Waals surface area contributed by atoms with Crippen LogP contribution in [0.2, 0.25) is 0 Å². The van der Waals surface area contributed by atoms with Crippen molar-refractivity contribution < 1.29 is 13.6 Å². The monoisotopic (exact) mass is 649 g/mol. The number of amides is 1. The van der Waals surface area contributed by atoms with Gasteiger partial charge in [-0.15, -0.1) is 11.3 Å². The third kappa shape index (κ3) is 6.33. The van der Waals surface area contributed by atoms with Gasteiger partial charge in [-0.05, 0) is 43.3 Å². The molecule has 3 aromatic rings. The van der Waals surface area contributed by atoms with Crippen molar-refractivity contribution in [2.75, 3.05) is 27.2 Å². The van der Waals surface area contributed by atoms with Gasteiger partial charge in [0.1, 0.15) is 5.69 Å². The zero-order valence-electron chi connectivity index (χ0n) is 21.6. The van der Waals surface area contributed by atoms with E-state index in [0.717, 1.165) is 45.0 Å². The summed E-state index contributed by atoms with van der Waals surface area (Å²) >= 11 is 2.82. The standard InChI is InChI=1S/C28H30F2IN5OS/c1-4-19-15-22-23(16-35(18-25(22)38-19)26(37)11-7-13-34(2)3)20-9-5-6-10-21(20)24-17-36(14-8-12-32)33-27(24)28(29,30)31/h5-7,9-11,15,17,23H,4,8,13-14,16,18H2,1-3H3/b11-7+/t23-/m0/s1. The zero-order valence-corrected chi connectivity index (χ0v) is 24.6. The number of alkyl halides is 3. The number of benzene rings is 1. The molecule has 1 aromatic carbocycles. The Kier molecular flexibility index (Phi) is 9.00. The maximum atomic E-state index is 14.7. The topological polar surface area (TPSA) is 65.2 Å². The molecule has 1 aliphatic heterocycles. The molecule has 10 heteroatoms. The van der Waals surface area contributed by atoms with Crippen molar-refractivity contribution in [2.45, 2.75) is 42.7 Å². The molecular formula is C28H30F2IN5OS. The molecule has 4 rings (SSSR count). The van der Waals surface area contributed by atoms with Crippen molar-refractivity contribution in [3.63, 3.8) is 0 Å². The van der Waals surface area contributed by atoms with Crippen LogP contribution < -0.4 is 0 Å². The lowest BCUT2D eigenvalue weighted by Crippen LogP contribution is -2.37. The fraction of sp³-hybridized carbons (Fsp3) is 0.393. The fourth-order valence-corrected chi connectivity index (χ4v) is 6.29. The summed E-state index contributed by atoms with van der Waals surface area (Å²) in [4.78, 5) is 19.4. The van der Waals surface area contributed by atoms with Crippen LogP contribution in [0, 0.1) is 11.3 Å². The van der Waals surface area contributed by atoms with Crippen molar-refractivity contribution in [1.29, 1.82) is 5.26 Å². The van der Waals surface area contributed by atoms with Gasteiger partial charge in [0, 0.05) is 69.2 Å². The molecule has 0 fully saturated rings. The number of carbonyl (C=O) groups excluding carboxylic acids is 1. The van der Waals surface area contributed by atoms with Crippen LogP contribution in [0.4, 0.5) is 8.78 Å². The molecule has 0 spiro atoms. The highest BCUT2D eigenvalue weighted by Crippen LogP contribution is 2.45. The van der Waals surface area contributed by atoms with Crippen molar-refractivity contribution in [1.82, 2.24) is 19.6 Å². The summed E-state index contributed by atoms with van der Waals surface area (Å²) in [5, 5.41) is 13.1. The quantitative estimate of drug-likeness (QED) is 0.158. The fourth-order valence-electron chi connectivity index (χ4n) is 4.71. The second kappa shape index (κ2) is 12.1. The number of carbonyl (C=O) groups is 1. The molecule has 0 radical (unpaired) electrons. The Morgan fingerprint density at radius 3 is 2.76 bits per heavy atom. The Morgan fingerprint density at radius 1 is 1.32 bits per heavy atom. The number of hydrogen-bond donors (Lipinski definition) is 0. The lowest BCUT2D eigenvalue weighted by Gasteiger charge is -2.33. The van der Waals surface area contributed by atoms with Gasteiger partial charge in [-0.25, -0.2) is 0 Å². The third-order valence-corrected chi connectivity index (χ3v) is 8.30. The van der Waals surface area contributed by atoms with Gasteiger partial charge >= 0.3 is 3.93 Å². The number of nitriles is 1. The number of thiophene rings is 1. The molecule has 1 aliphatic rings. The Hall–Kier alpha value is -2.62. The second-order valence-corrected chi connectivity index (χ2v) is 12.1. The first-order valence-electron chi connectivity index (χ1n) is 12.4. The number of fused-ring (bicyclic) bond motifs is 1. The van der Waals surface area contributed by atoms with Gasteiger partial charge in [0.15, 0.2) is 0 Å². The molecule has 0 N–H and O–H groups in total. The Balaban J connectivity index is 1.80. The minimum Gasteiger partial charge on any atom is -0.333 e. The van der Waals surface area contributed by atoms with Crippen LogP contribution in [-0.2, 0) is 28.2 Å². The van der Waals surface area contributed by atoms with E-state index in [9.17, 15) is 13.6 Å². The lowest BCUT2D eigenvalue weighted by atomic mass is 9.83. The maximum absolute atomic E-state index is 14.7. The minimum absolute atomic E-state index is 0.0600. The summed E-state index contributed by atoms with van der Waals surface area (Å²) < 4.78 is 27.7. The van der Waals surface area contributed by atoms with E-state index < -0.39 is 3.93 Å². The summed E-state index contributed by atoms with van der Waals surface area (Å²) in [6, 6.07) is 11.8. The normalized spacial score (nSPS) is 15.7. The highest BCUT2D eigenvalue weighted by molar-refractivity contribution is 14.1. The number of hydrogen-bond acceptors (Lipinski definition) is 5. The van der Waals surface area contributed by atoms with E-state index in [1.165, 1.54) is 9.56 Å². The predicted molar refractivity (Wildman–Crippen MR) is 154 cm³/mol. The van der Waals surface area contributed by atoms with Gasteiger partial charge < -0.3 is 9.80 Å². The van der Waals surface area contributed by atoms with Crippen LogP contribution in [0.5, 0.6) is 0 Å². The van der Waals surface area contributed by atoms with Crippen LogP contribution in [0.15, 0.2) is 48.7 Å². The van der Waals surface area contributed by atoms with E-state index in [4.69, 9.17) is 5.26 Å². The van der Waals surface area contributed by atoms with Crippen LogP contribution >= 0.6 is 33.9 Å². The summed E-state index contributed by atoms with van der Waals surface area (Å²) in [5.74, 6) is -0.230. The molecule has 0 bridgehead atoms. The first-order chi connectivity index (χ1) is 18.1. The van der Waals surface area contributed by atoms with Crippen molar-refractivity contribution in [3.05, 3.63) is 75.3 Å². The molecule has 3 heterocycles. The summed E-state index contributed by atoms with van der Waals surface area (Å²) in [5.41, 5.74) is 2.73. The van der Waals surface area contributed by atoms with E-state index in [1.807, 2.05) is 60.3 Å². The van der Waals surface area contributed by atoms with Crippen LogP contribution in [0.25, 0.3) is 11.1 Å². The Morgan fingerprint density at radius 2 is 2.08 bits per heavy atom. The SMILES string of the molecule is CCc1cc2c(s1)CN(C(=O)/C=C/CN(C)C)C[C@H]2c1ccccc1-c1cn(CCC#N)nc1C(F)(F)I. The van der Waals surface area contributed by atoms with Gasteiger partial charge in [-0.2, -0.15) is 19.1 Å². The van der Waals surface area contributed by atoms with E-state index >= 15 is 0 Å². The van der Waals surface area contributed by atoms with E-state index in [1.54, 1.807) is 23.6 Å². The van der Waals surface area contributed by atoms with Crippen molar-refractivity contribution in [2.24, 2.45) is 0 Å². The van der Waals surface area contributed by atoms with Crippen LogP contribution in [0.3, 0.4) is 0 Å².